The van der Waals surface area contributed by atoms with Crippen LogP contribution in [0.4, 0.5) is 4.39 Å². The molecular formula is C4H7FO2. The predicted octanol–water partition coefficient (Wildman–Crippen LogP) is 0.388. The van der Waals surface area contributed by atoms with E-state index in [1.165, 1.54) is 0 Å². The van der Waals surface area contributed by atoms with Gasteiger partial charge in [0.2, 0.25) is 0 Å². The monoisotopic (exact) mass is 106 g/mol. The molecule has 0 saturated heterocycles. The number of alkyl halides is 1. The fourth-order valence-corrected chi connectivity index (χ4v) is 0.105. The van der Waals surface area contributed by atoms with E-state index in [1.54, 1.807) is 0 Å². The Labute approximate surface area is 40.9 Å². The Morgan fingerprint density at radius 1 is 1.86 bits per heavy atom. The summed E-state index contributed by atoms with van der Waals surface area (Å²) >= 11 is 0. The zero-order valence-corrected chi connectivity index (χ0v) is 3.76. The summed E-state index contributed by atoms with van der Waals surface area (Å²) in [5.41, 5.74) is 0. The molecule has 1 atom stereocenters. The van der Waals surface area contributed by atoms with Crippen LogP contribution in [0.1, 0.15) is 0 Å². The molecule has 2 nitrogen and oxygen atoms in total. The van der Waals surface area contributed by atoms with Crippen LogP contribution in [-0.4, -0.2) is 23.0 Å². The van der Waals surface area contributed by atoms with Crippen LogP contribution in [0, 0.1) is 0 Å². The molecule has 2 N–H and O–H groups in total. The predicted molar refractivity (Wildman–Crippen MR) is 23.8 cm³/mol. The quantitative estimate of drug-likeness (QED) is 0.500. The van der Waals surface area contributed by atoms with Crippen molar-refractivity contribution in [3.8, 4) is 0 Å². The first-order valence-electron chi connectivity index (χ1n) is 1.81. The van der Waals surface area contributed by atoms with Gasteiger partial charge in [0.25, 0.3) is 0 Å². The van der Waals surface area contributed by atoms with E-state index in [4.69, 9.17) is 10.2 Å². The van der Waals surface area contributed by atoms with E-state index in [-0.39, 0.29) is 0 Å². The molecule has 0 heterocycles. The fraction of sp³-hybridized carbons (Fsp3) is 0.500. The van der Waals surface area contributed by atoms with Gasteiger partial charge in [0.05, 0.1) is 6.61 Å². The first-order valence-corrected chi connectivity index (χ1v) is 1.81. The normalized spacial score (nSPS) is 13.4. The molecule has 0 aliphatic carbocycles. The smallest absolute Gasteiger partial charge is 0.179 e. The number of aliphatic hydroxyl groups excluding tert-OH is 2. The van der Waals surface area contributed by atoms with Gasteiger partial charge >= 0.3 is 0 Å². The van der Waals surface area contributed by atoms with Crippen molar-refractivity contribution in [3.05, 3.63) is 12.3 Å². The Balaban J connectivity index is 3.34. The number of hydrogen-bond acceptors (Lipinski definition) is 2. The summed E-state index contributed by atoms with van der Waals surface area (Å²) in [6, 6.07) is 0. The lowest BCUT2D eigenvalue weighted by Crippen LogP contribution is -2.07. The number of aliphatic hydroxyl groups is 2. The molecule has 0 aliphatic heterocycles. The van der Waals surface area contributed by atoms with E-state index >= 15 is 0 Å². The summed E-state index contributed by atoms with van der Waals surface area (Å²) in [4.78, 5) is 0. The zero-order valence-electron chi connectivity index (χ0n) is 3.76. The molecule has 0 rings (SSSR count). The van der Waals surface area contributed by atoms with Crippen LogP contribution < -0.4 is 0 Å². The molecule has 0 aromatic carbocycles. The highest BCUT2D eigenvalue weighted by molar-refractivity contribution is 4.87. The third kappa shape index (κ3) is 2.17. The molecule has 0 saturated carbocycles. The van der Waals surface area contributed by atoms with Crippen molar-refractivity contribution < 1.29 is 14.6 Å². The molecule has 0 bridgehead atoms. The van der Waals surface area contributed by atoms with Gasteiger partial charge in [-0.2, -0.15) is 0 Å². The number of halogens is 1. The van der Waals surface area contributed by atoms with E-state index < -0.39 is 18.5 Å². The van der Waals surface area contributed by atoms with Gasteiger partial charge in [-0.25, -0.2) is 4.39 Å². The van der Waals surface area contributed by atoms with E-state index in [0.29, 0.717) is 0 Å². The molecule has 0 spiro atoms. The molecule has 3 heteroatoms. The lowest BCUT2D eigenvalue weighted by atomic mass is 10.4. The Morgan fingerprint density at radius 2 is 2.29 bits per heavy atom. The summed E-state index contributed by atoms with van der Waals surface area (Å²) in [6.07, 6.45) is -1.68. The van der Waals surface area contributed by atoms with Gasteiger partial charge in [0.1, 0.15) is 5.76 Å². The maximum atomic E-state index is 11.7. The Hall–Kier alpha value is -0.570. The van der Waals surface area contributed by atoms with E-state index in [2.05, 4.69) is 6.58 Å². The van der Waals surface area contributed by atoms with Crippen molar-refractivity contribution in [3.63, 3.8) is 0 Å². The highest BCUT2D eigenvalue weighted by atomic mass is 19.1. The molecule has 0 fully saturated rings. The minimum absolute atomic E-state index is 0.623. The standard InChI is InChI=1S/C4H7FO2/c1-3(7)4(5)2-6/h4,6-7H,1-2H2. The molecule has 0 amide bonds. The second kappa shape index (κ2) is 2.58. The van der Waals surface area contributed by atoms with Crippen molar-refractivity contribution >= 4 is 0 Å². The molecule has 0 aliphatic rings. The second-order valence-corrected chi connectivity index (χ2v) is 1.14. The third-order valence-electron chi connectivity index (χ3n) is 0.522. The van der Waals surface area contributed by atoms with Gasteiger partial charge in [-0.15, -0.1) is 0 Å². The molecule has 7 heavy (non-hydrogen) atoms. The van der Waals surface area contributed by atoms with Crippen molar-refractivity contribution in [2.45, 2.75) is 6.17 Å². The summed E-state index contributed by atoms with van der Waals surface area (Å²) in [5, 5.41) is 16.0. The largest absolute Gasteiger partial charge is 0.510 e. The lowest BCUT2D eigenvalue weighted by molar-refractivity contribution is 0.162. The zero-order chi connectivity index (χ0) is 5.86. The molecule has 0 aromatic rings. The summed E-state index contributed by atoms with van der Waals surface area (Å²) in [7, 11) is 0. The number of hydrogen-bond donors (Lipinski definition) is 2. The van der Waals surface area contributed by atoms with Crippen LogP contribution in [0.5, 0.6) is 0 Å². The van der Waals surface area contributed by atoms with Gasteiger partial charge in [0.15, 0.2) is 6.17 Å². The highest BCUT2D eigenvalue weighted by Crippen LogP contribution is 1.96. The topological polar surface area (TPSA) is 40.5 Å². The maximum Gasteiger partial charge on any atom is 0.179 e. The first-order chi connectivity index (χ1) is 3.18. The Morgan fingerprint density at radius 3 is 2.29 bits per heavy atom. The van der Waals surface area contributed by atoms with Crippen LogP contribution in [-0.2, 0) is 0 Å². The molecular weight excluding hydrogens is 99.0 g/mol. The Bertz CT molecular complexity index is 72.1. The Kier molecular flexibility index (Phi) is 2.37. The second-order valence-electron chi connectivity index (χ2n) is 1.14. The van der Waals surface area contributed by atoms with Gasteiger partial charge in [-0.3, -0.25) is 0 Å². The molecule has 0 aromatic heterocycles. The summed E-state index contributed by atoms with van der Waals surface area (Å²) in [6.45, 7) is 2.15. The molecule has 1 unspecified atom stereocenters. The van der Waals surface area contributed by atoms with E-state index in [1.807, 2.05) is 0 Å². The first kappa shape index (κ1) is 6.43. The highest BCUT2D eigenvalue weighted by Gasteiger charge is 2.04. The SMILES string of the molecule is C=C(O)C(F)CO. The van der Waals surface area contributed by atoms with Crippen LogP contribution in [0.15, 0.2) is 12.3 Å². The fourth-order valence-electron chi connectivity index (χ4n) is 0.105. The van der Waals surface area contributed by atoms with Gasteiger partial charge in [-0.05, 0) is 0 Å². The molecule has 0 radical (unpaired) electrons. The lowest BCUT2D eigenvalue weighted by Gasteiger charge is -1.97. The molecule has 42 valence electrons. The van der Waals surface area contributed by atoms with Crippen molar-refractivity contribution in [1.29, 1.82) is 0 Å². The van der Waals surface area contributed by atoms with E-state index in [0.717, 1.165) is 0 Å². The van der Waals surface area contributed by atoms with Gasteiger partial charge < -0.3 is 10.2 Å². The van der Waals surface area contributed by atoms with Crippen LogP contribution in [0.25, 0.3) is 0 Å². The van der Waals surface area contributed by atoms with Crippen molar-refractivity contribution in [1.82, 2.24) is 0 Å². The third-order valence-corrected chi connectivity index (χ3v) is 0.522. The van der Waals surface area contributed by atoms with Crippen LogP contribution in [0.2, 0.25) is 0 Å². The van der Waals surface area contributed by atoms with E-state index in [9.17, 15) is 4.39 Å². The van der Waals surface area contributed by atoms with Crippen LogP contribution >= 0.6 is 0 Å². The maximum absolute atomic E-state index is 11.7. The minimum Gasteiger partial charge on any atom is -0.510 e. The van der Waals surface area contributed by atoms with Crippen molar-refractivity contribution in [2.24, 2.45) is 0 Å². The van der Waals surface area contributed by atoms with Crippen LogP contribution in [0.3, 0.4) is 0 Å². The average molecular weight is 106 g/mol. The minimum atomic E-state index is -1.68. The average Bonchev–Trinajstić information content (AvgIpc) is 1.65. The van der Waals surface area contributed by atoms with Crippen molar-refractivity contribution in [2.75, 3.05) is 6.61 Å². The summed E-state index contributed by atoms with van der Waals surface area (Å²) < 4.78 is 11.7. The van der Waals surface area contributed by atoms with Gasteiger partial charge in [-0.1, -0.05) is 6.58 Å². The summed E-state index contributed by atoms with van der Waals surface area (Å²) in [5.74, 6) is -0.623. The van der Waals surface area contributed by atoms with Gasteiger partial charge in [0, 0.05) is 0 Å². The number of rotatable bonds is 2.